The predicted octanol–water partition coefficient (Wildman–Crippen LogP) is 4.03. The van der Waals surface area contributed by atoms with Crippen LogP contribution in [0.5, 0.6) is 11.5 Å². The summed E-state index contributed by atoms with van der Waals surface area (Å²) in [5.41, 5.74) is 2.31. The van der Waals surface area contributed by atoms with Gasteiger partial charge >= 0.3 is 0 Å². The van der Waals surface area contributed by atoms with Gasteiger partial charge in [-0.25, -0.2) is 9.97 Å². The van der Waals surface area contributed by atoms with E-state index in [-0.39, 0.29) is 0 Å². The lowest BCUT2D eigenvalue weighted by atomic mass is 10.2. The molecule has 0 atom stereocenters. The highest BCUT2D eigenvalue weighted by Gasteiger charge is 2.03. The third kappa shape index (κ3) is 5.34. The molecule has 0 saturated heterocycles. The van der Waals surface area contributed by atoms with Gasteiger partial charge in [-0.2, -0.15) is 0 Å². The standard InChI is InChI=1S/C21H24N4O2/c1-15-24-20(22-13-16-4-8-18(26-2)9-5-16)12-21(25-15)23-14-17-6-10-19(27-3)11-7-17/h4-12H,13-14H2,1-3H3,(H2,22,23,24,25). The lowest BCUT2D eigenvalue weighted by Crippen LogP contribution is -2.07. The number of aromatic nitrogens is 2. The smallest absolute Gasteiger partial charge is 0.132 e. The minimum atomic E-state index is 0.679. The Kier molecular flexibility index (Phi) is 6.10. The van der Waals surface area contributed by atoms with E-state index in [9.17, 15) is 0 Å². The summed E-state index contributed by atoms with van der Waals surface area (Å²) >= 11 is 0. The molecule has 6 heteroatoms. The van der Waals surface area contributed by atoms with Crippen molar-refractivity contribution >= 4 is 11.6 Å². The second kappa shape index (κ2) is 8.89. The maximum Gasteiger partial charge on any atom is 0.132 e. The lowest BCUT2D eigenvalue weighted by molar-refractivity contribution is 0.414. The number of ether oxygens (including phenoxy) is 2. The summed E-state index contributed by atoms with van der Waals surface area (Å²) in [5.74, 6) is 3.99. The van der Waals surface area contributed by atoms with Crippen LogP contribution in [-0.4, -0.2) is 24.2 Å². The van der Waals surface area contributed by atoms with Gasteiger partial charge < -0.3 is 20.1 Å². The fourth-order valence-electron chi connectivity index (χ4n) is 2.62. The van der Waals surface area contributed by atoms with E-state index in [1.54, 1.807) is 14.2 Å². The van der Waals surface area contributed by atoms with Gasteiger partial charge in [0, 0.05) is 19.2 Å². The van der Waals surface area contributed by atoms with E-state index in [0.717, 1.165) is 34.3 Å². The highest BCUT2D eigenvalue weighted by atomic mass is 16.5. The van der Waals surface area contributed by atoms with Gasteiger partial charge in [-0.05, 0) is 42.3 Å². The van der Waals surface area contributed by atoms with E-state index in [4.69, 9.17) is 9.47 Å². The van der Waals surface area contributed by atoms with Crippen molar-refractivity contribution in [3.8, 4) is 11.5 Å². The largest absolute Gasteiger partial charge is 0.497 e. The SMILES string of the molecule is COc1ccc(CNc2cc(NCc3ccc(OC)cc3)nc(C)n2)cc1. The Balaban J connectivity index is 1.60. The highest BCUT2D eigenvalue weighted by molar-refractivity contribution is 5.48. The van der Waals surface area contributed by atoms with E-state index < -0.39 is 0 Å². The zero-order valence-electron chi connectivity index (χ0n) is 15.8. The van der Waals surface area contributed by atoms with Crippen LogP contribution in [0.2, 0.25) is 0 Å². The van der Waals surface area contributed by atoms with Crippen molar-refractivity contribution in [1.82, 2.24) is 9.97 Å². The molecule has 3 aromatic rings. The summed E-state index contributed by atoms with van der Waals surface area (Å²) in [6.45, 7) is 3.24. The molecule has 1 heterocycles. The van der Waals surface area contributed by atoms with Gasteiger partial charge in [0.15, 0.2) is 0 Å². The molecule has 2 N–H and O–H groups in total. The average molecular weight is 364 g/mol. The number of rotatable bonds is 8. The molecular formula is C21H24N4O2. The molecule has 0 aliphatic carbocycles. The molecule has 0 aliphatic heterocycles. The van der Waals surface area contributed by atoms with Gasteiger partial charge in [-0.3, -0.25) is 0 Å². The summed E-state index contributed by atoms with van der Waals surface area (Å²) in [5, 5.41) is 6.69. The first-order chi connectivity index (χ1) is 13.2. The van der Waals surface area contributed by atoms with Gasteiger partial charge in [-0.15, -0.1) is 0 Å². The maximum atomic E-state index is 5.18. The zero-order chi connectivity index (χ0) is 19.1. The number of aryl methyl sites for hydroxylation is 1. The van der Waals surface area contributed by atoms with Crippen LogP contribution in [-0.2, 0) is 13.1 Å². The Morgan fingerprint density at radius 2 is 1.11 bits per heavy atom. The van der Waals surface area contributed by atoms with Gasteiger partial charge in [0.1, 0.15) is 29.0 Å². The Morgan fingerprint density at radius 1 is 0.704 bits per heavy atom. The Hall–Kier alpha value is -3.28. The first-order valence-corrected chi connectivity index (χ1v) is 8.75. The number of methoxy groups -OCH3 is 2. The number of anilines is 2. The van der Waals surface area contributed by atoms with Crippen LogP contribution in [0.4, 0.5) is 11.6 Å². The van der Waals surface area contributed by atoms with Crippen molar-refractivity contribution in [3.05, 3.63) is 71.5 Å². The second-order valence-corrected chi connectivity index (χ2v) is 6.09. The Morgan fingerprint density at radius 3 is 1.48 bits per heavy atom. The Labute approximate surface area is 159 Å². The minimum Gasteiger partial charge on any atom is -0.497 e. The normalized spacial score (nSPS) is 10.3. The van der Waals surface area contributed by atoms with Crippen LogP contribution in [0.3, 0.4) is 0 Å². The molecule has 2 aromatic carbocycles. The van der Waals surface area contributed by atoms with Crippen molar-refractivity contribution in [2.24, 2.45) is 0 Å². The van der Waals surface area contributed by atoms with Crippen LogP contribution in [0.1, 0.15) is 17.0 Å². The molecule has 0 bridgehead atoms. The third-order valence-electron chi connectivity index (χ3n) is 4.10. The molecule has 140 valence electrons. The summed E-state index contributed by atoms with van der Waals surface area (Å²) in [4.78, 5) is 8.91. The Bertz CT molecular complexity index is 795. The molecule has 0 fully saturated rings. The second-order valence-electron chi connectivity index (χ2n) is 6.09. The molecule has 0 unspecified atom stereocenters. The fraction of sp³-hybridized carbons (Fsp3) is 0.238. The number of hydrogen-bond acceptors (Lipinski definition) is 6. The maximum absolute atomic E-state index is 5.18. The predicted molar refractivity (Wildman–Crippen MR) is 107 cm³/mol. The number of nitrogens with one attached hydrogen (secondary N) is 2. The molecule has 0 amide bonds. The molecule has 0 aliphatic rings. The summed E-state index contributed by atoms with van der Waals surface area (Å²) in [6, 6.07) is 17.8. The van der Waals surface area contributed by atoms with E-state index in [1.807, 2.05) is 61.5 Å². The molecule has 0 saturated carbocycles. The van der Waals surface area contributed by atoms with E-state index in [1.165, 1.54) is 0 Å². The van der Waals surface area contributed by atoms with Gasteiger partial charge in [-0.1, -0.05) is 24.3 Å². The van der Waals surface area contributed by atoms with E-state index >= 15 is 0 Å². The van der Waals surface area contributed by atoms with Gasteiger partial charge in [0.25, 0.3) is 0 Å². The highest BCUT2D eigenvalue weighted by Crippen LogP contribution is 2.16. The zero-order valence-corrected chi connectivity index (χ0v) is 15.8. The van der Waals surface area contributed by atoms with Crippen LogP contribution >= 0.6 is 0 Å². The van der Waals surface area contributed by atoms with Crippen molar-refractivity contribution in [2.45, 2.75) is 20.0 Å². The van der Waals surface area contributed by atoms with E-state index in [0.29, 0.717) is 18.9 Å². The number of nitrogens with zero attached hydrogens (tertiary/aromatic N) is 2. The van der Waals surface area contributed by atoms with E-state index in [2.05, 4.69) is 20.6 Å². The summed E-state index contributed by atoms with van der Waals surface area (Å²) < 4.78 is 10.4. The van der Waals surface area contributed by atoms with Gasteiger partial charge in [0.05, 0.1) is 14.2 Å². The fourth-order valence-corrected chi connectivity index (χ4v) is 2.62. The van der Waals surface area contributed by atoms with Crippen molar-refractivity contribution in [3.63, 3.8) is 0 Å². The number of benzene rings is 2. The van der Waals surface area contributed by atoms with Crippen LogP contribution in [0, 0.1) is 6.92 Å². The van der Waals surface area contributed by atoms with Crippen LogP contribution in [0.15, 0.2) is 54.6 Å². The van der Waals surface area contributed by atoms with Crippen LogP contribution in [0.25, 0.3) is 0 Å². The first kappa shape index (κ1) is 18.5. The quantitative estimate of drug-likeness (QED) is 0.629. The van der Waals surface area contributed by atoms with Gasteiger partial charge in [0.2, 0.25) is 0 Å². The molecule has 6 nitrogen and oxygen atoms in total. The summed E-state index contributed by atoms with van der Waals surface area (Å²) in [6.07, 6.45) is 0. The van der Waals surface area contributed by atoms with Crippen molar-refractivity contribution in [2.75, 3.05) is 24.9 Å². The summed E-state index contributed by atoms with van der Waals surface area (Å²) in [7, 11) is 3.33. The molecule has 0 spiro atoms. The minimum absolute atomic E-state index is 0.679. The van der Waals surface area contributed by atoms with Crippen molar-refractivity contribution in [1.29, 1.82) is 0 Å². The monoisotopic (exact) mass is 364 g/mol. The average Bonchev–Trinajstić information content (AvgIpc) is 2.71. The molecular weight excluding hydrogens is 340 g/mol. The topological polar surface area (TPSA) is 68.3 Å². The molecule has 27 heavy (non-hydrogen) atoms. The molecule has 3 rings (SSSR count). The van der Waals surface area contributed by atoms with Crippen LogP contribution < -0.4 is 20.1 Å². The van der Waals surface area contributed by atoms with Crippen molar-refractivity contribution < 1.29 is 9.47 Å². The lowest BCUT2D eigenvalue weighted by Gasteiger charge is -2.11. The third-order valence-corrected chi connectivity index (χ3v) is 4.10. The first-order valence-electron chi connectivity index (χ1n) is 8.75. The molecule has 0 radical (unpaired) electrons. The molecule has 1 aromatic heterocycles. The number of hydrogen-bond donors (Lipinski definition) is 2.